The van der Waals surface area contributed by atoms with E-state index in [0.29, 0.717) is 0 Å². The van der Waals surface area contributed by atoms with E-state index in [-0.39, 0.29) is 19.5 Å². The van der Waals surface area contributed by atoms with E-state index in [1.165, 1.54) is 33.1 Å². The molecule has 3 aromatic rings. The number of alkyl carbamates (subject to hydrolysis) is 2. The molecule has 0 aliphatic carbocycles. The van der Waals surface area contributed by atoms with Gasteiger partial charge in [0.05, 0.1) is 32.1 Å². The molecular formula is C32H40N6O7. The van der Waals surface area contributed by atoms with E-state index in [1.54, 1.807) is 6.20 Å². The highest BCUT2D eigenvalue weighted by molar-refractivity contribution is 5.85. The summed E-state index contributed by atoms with van der Waals surface area (Å²) < 4.78 is 9.18. The van der Waals surface area contributed by atoms with Gasteiger partial charge in [-0.3, -0.25) is 20.0 Å². The Kier molecular flexibility index (Phi) is 13.3. The number of methoxy groups -OCH3 is 2. The van der Waals surface area contributed by atoms with Crippen molar-refractivity contribution in [2.24, 2.45) is 0 Å². The summed E-state index contributed by atoms with van der Waals surface area (Å²) in [5.41, 5.74) is 6.15. The number of ether oxygens (including phenoxy) is 2. The molecule has 2 aromatic carbocycles. The maximum absolute atomic E-state index is 13.0. The Morgan fingerprint density at radius 2 is 1.38 bits per heavy atom. The Morgan fingerprint density at radius 1 is 0.778 bits per heavy atom. The van der Waals surface area contributed by atoms with Crippen molar-refractivity contribution in [2.45, 2.75) is 51.0 Å². The molecule has 5 N–H and O–H groups in total. The van der Waals surface area contributed by atoms with Crippen LogP contribution in [0.5, 0.6) is 0 Å². The summed E-state index contributed by atoms with van der Waals surface area (Å²) >= 11 is 0. The van der Waals surface area contributed by atoms with Gasteiger partial charge in [-0.05, 0) is 43.5 Å². The molecule has 4 atom stereocenters. The van der Waals surface area contributed by atoms with Gasteiger partial charge in [0.15, 0.2) is 0 Å². The average Bonchev–Trinajstić information content (AvgIpc) is 3.05. The number of pyridine rings is 1. The Balaban J connectivity index is 1.82. The topological polar surface area (TPSA) is 171 Å². The molecule has 0 saturated heterocycles. The molecule has 3 rings (SSSR count). The number of benzene rings is 2. The summed E-state index contributed by atoms with van der Waals surface area (Å²) in [7, 11) is 2.39. The smallest absolute Gasteiger partial charge is 0.407 e. The molecule has 13 nitrogen and oxygen atoms in total. The third-order valence-electron chi connectivity index (χ3n) is 6.88. The van der Waals surface area contributed by atoms with Crippen LogP contribution in [0.1, 0.15) is 25.0 Å². The number of hydrogen-bond acceptors (Lipinski definition) is 9. The number of aromatic nitrogens is 1. The van der Waals surface area contributed by atoms with Gasteiger partial charge in [-0.25, -0.2) is 14.6 Å². The second-order valence-electron chi connectivity index (χ2n) is 10.4. The van der Waals surface area contributed by atoms with Crippen molar-refractivity contribution in [1.82, 2.24) is 31.4 Å². The number of nitrogens with one attached hydrogen (secondary N) is 4. The fourth-order valence-corrected chi connectivity index (χ4v) is 4.35. The number of amides is 4. The molecule has 1 heterocycles. The molecule has 0 fully saturated rings. The number of nitrogens with zero attached hydrogens (tertiary/aromatic N) is 2. The molecule has 0 aliphatic rings. The van der Waals surface area contributed by atoms with Gasteiger partial charge in [0.2, 0.25) is 5.91 Å². The van der Waals surface area contributed by atoms with Crippen LogP contribution < -0.4 is 21.4 Å². The molecule has 1 aromatic heterocycles. The van der Waals surface area contributed by atoms with Crippen molar-refractivity contribution in [2.75, 3.05) is 20.8 Å². The zero-order valence-electron chi connectivity index (χ0n) is 25.7. The molecule has 0 spiro atoms. The molecule has 13 heteroatoms. The van der Waals surface area contributed by atoms with Gasteiger partial charge < -0.3 is 30.5 Å². The minimum Gasteiger partial charge on any atom is -0.453 e. The summed E-state index contributed by atoms with van der Waals surface area (Å²) in [6, 6.07) is 19.8. The number of carbonyl (C=O) groups is 4. The lowest BCUT2D eigenvalue weighted by Crippen LogP contribution is -2.57. The monoisotopic (exact) mass is 620 g/mol. The summed E-state index contributed by atoms with van der Waals surface area (Å²) in [6.07, 6.45) is -0.747. The predicted octanol–water partition coefficient (Wildman–Crippen LogP) is 2.16. The lowest BCUT2D eigenvalue weighted by molar-refractivity contribution is -0.129. The number of aliphatic hydroxyl groups excluding tert-OH is 1. The minimum absolute atomic E-state index is 0.102. The van der Waals surface area contributed by atoms with Gasteiger partial charge >= 0.3 is 12.2 Å². The van der Waals surface area contributed by atoms with E-state index in [4.69, 9.17) is 0 Å². The molecule has 0 saturated carbocycles. The number of aliphatic hydroxyl groups is 1. The number of rotatable bonds is 14. The van der Waals surface area contributed by atoms with Gasteiger partial charge in [-0.15, -0.1) is 0 Å². The summed E-state index contributed by atoms with van der Waals surface area (Å²) in [5.74, 6) is -1.07. The van der Waals surface area contributed by atoms with Gasteiger partial charge in [-0.1, -0.05) is 60.7 Å². The van der Waals surface area contributed by atoms with Crippen molar-refractivity contribution >= 4 is 24.0 Å². The lowest BCUT2D eigenvalue weighted by Gasteiger charge is -2.31. The van der Waals surface area contributed by atoms with Gasteiger partial charge in [0.1, 0.15) is 12.1 Å². The zero-order chi connectivity index (χ0) is 32.8. The molecule has 240 valence electrons. The number of hydrazine groups is 1. The number of carbonyl (C=O) groups excluding carboxylic acids is 4. The van der Waals surface area contributed by atoms with Crippen LogP contribution in [0.2, 0.25) is 0 Å². The van der Waals surface area contributed by atoms with E-state index in [9.17, 15) is 24.3 Å². The van der Waals surface area contributed by atoms with Gasteiger partial charge in [-0.2, -0.15) is 0 Å². The van der Waals surface area contributed by atoms with E-state index in [0.717, 1.165) is 22.4 Å². The zero-order valence-corrected chi connectivity index (χ0v) is 25.7. The fraction of sp³-hybridized carbons (Fsp3) is 0.344. The standard InChI is InChI=1S/C32H40N6O7/c1-21(34-31(42)44-3)29(40)36-27(18-23-10-6-5-7-11-23)28(39)20-38(37-30(41)22(2)35-32(43)45-4)19-24-13-15-25(16-14-24)26-12-8-9-17-33-26/h5-17,21-22,27-28,39H,18-20H2,1-4H3,(H,34,42)(H,35,43)(H,36,40)(H,37,41)/t21-,22-,27-,28-/m0/s1. The maximum atomic E-state index is 13.0. The highest BCUT2D eigenvalue weighted by Crippen LogP contribution is 2.18. The highest BCUT2D eigenvalue weighted by Gasteiger charge is 2.28. The summed E-state index contributed by atoms with van der Waals surface area (Å²) in [4.78, 5) is 53.7. The van der Waals surface area contributed by atoms with Gasteiger partial charge in [0.25, 0.3) is 5.91 Å². The van der Waals surface area contributed by atoms with Crippen LogP contribution in [0, 0.1) is 0 Å². The maximum Gasteiger partial charge on any atom is 0.407 e. The first-order chi connectivity index (χ1) is 21.6. The van der Waals surface area contributed by atoms with Crippen molar-refractivity contribution in [3.05, 3.63) is 90.1 Å². The minimum atomic E-state index is -1.18. The molecule has 0 unspecified atom stereocenters. The second kappa shape index (κ2) is 17.3. The molecule has 45 heavy (non-hydrogen) atoms. The lowest BCUT2D eigenvalue weighted by atomic mass is 10.00. The first-order valence-corrected chi connectivity index (χ1v) is 14.4. The van der Waals surface area contributed by atoms with Gasteiger partial charge in [0, 0.05) is 24.8 Å². The normalized spacial score (nSPS) is 13.5. The fourth-order valence-electron chi connectivity index (χ4n) is 4.35. The molecule has 4 amide bonds. The molecular weight excluding hydrogens is 580 g/mol. The van der Waals surface area contributed by atoms with E-state index >= 15 is 0 Å². The van der Waals surface area contributed by atoms with Crippen LogP contribution in [0.3, 0.4) is 0 Å². The largest absolute Gasteiger partial charge is 0.453 e. The third kappa shape index (κ3) is 11.2. The van der Waals surface area contributed by atoms with E-state index < -0.39 is 48.2 Å². The molecule has 0 aliphatic heterocycles. The van der Waals surface area contributed by atoms with Crippen LogP contribution >= 0.6 is 0 Å². The highest BCUT2D eigenvalue weighted by atomic mass is 16.5. The van der Waals surface area contributed by atoms with Crippen LogP contribution in [-0.2, 0) is 32.0 Å². The first kappa shape index (κ1) is 34.5. The summed E-state index contributed by atoms with van der Waals surface area (Å²) in [5, 5.41) is 20.7. The Bertz CT molecular complexity index is 1390. The van der Waals surface area contributed by atoms with Crippen molar-refractivity contribution in [1.29, 1.82) is 0 Å². The van der Waals surface area contributed by atoms with Crippen molar-refractivity contribution in [3.63, 3.8) is 0 Å². The number of hydrogen-bond donors (Lipinski definition) is 5. The Hall–Kier alpha value is -5.01. The third-order valence-corrected chi connectivity index (χ3v) is 6.88. The van der Waals surface area contributed by atoms with Crippen LogP contribution in [-0.4, -0.2) is 84.1 Å². The second-order valence-corrected chi connectivity index (χ2v) is 10.4. The van der Waals surface area contributed by atoms with Crippen LogP contribution in [0.15, 0.2) is 79.0 Å². The molecule has 0 bridgehead atoms. The SMILES string of the molecule is COC(=O)N[C@@H](C)C(=O)N[C@@H](Cc1ccccc1)[C@@H](O)CN(Cc1ccc(-c2ccccn2)cc1)NC(=O)[C@H](C)NC(=O)OC. The Morgan fingerprint density at radius 3 is 1.96 bits per heavy atom. The van der Waals surface area contributed by atoms with Crippen LogP contribution in [0.25, 0.3) is 11.3 Å². The quantitative estimate of drug-likeness (QED) is 0.169. The molecule has 0 radical (unpaired) electrons. The van der Waals surface area contributed by atoms with Crippen molar-refractivity contribution < 1.29 is 33.8 Å². The average molecular weight is 621 g/mol. The Labute approximate surface area is 262 Å². The summed E-state index contributed by atoms with van der Waals surface area (Å²) in [6.45, 7) is 3.07. The van der Waals surface area contributed by atoms with Crippen LogP contribution in [0.4, 0.5) is 9.59 Å². The predicted molar refractivity (Wildman–Crippen MR) is 166 cm³/mol. The first-order valence-electron chi connectivity index (χ1n) is 14.4. The van der Waals surface area contributed by atoms with Crippen molar-refractivity contribution in [3.8, 4) is 11.3 Å². The van der Waals surface area contributed by atoms with E-state index in [1.807, 2.05) is 72.8 Å². The van der Waals surface area contributed by atoms with E-state index in [2.05, 4.69) is 35.8 Å².